The Morgan fingerprint density at radius 3 is 2.15 bits per heavy atom. The SMILES string of the molecule is O=C(CS(=O)c1ccccc1)C1CCCN1C(=O)[C@H]1CCCN1C(=O)OCc1ccccc1. The fourth-order valence-corrected chi connectivity index (χ4v) is 5.56. The number of hydrogen-bond donors (Lipinski definition) is 0. The van der Waals surface area contributed by atoms with E-state index in [0.717, 1.165) is 5.56 Å². The predicted molar refractivity (Wildman–Crippen MR) is 124 cm³/mol. The number of ether oxygens (including phenoxy) is 1. The molecule has 0 aromatic heterocycles. The van der Waals surface area contributed by atoms with E-state index in [1.807, 2.05) is 36.4 Å². The highest BCUT2D eigenvalue weighted by Gasteiger charge is 2.42. The highest BCUT2D eigenvalue weighted by atomic mass is 32.2. The molecule has 0 N–H and O–H groups in total. The van der Waals surface area contributed by atoms with Crippen molar-refractivity contribution in [3.05, 3.63) is 66.2 Å². The maximum atomic E-state index is 13.4. The molecule has 0 bridgehead atoms. The lowest BCUT2D eigenvalue weighted by Gasteiger charge is -2.30. The van der Waals surface area contributed by atoms with Gasteiger partial charge in [-0.2, -0.15) is 0 Å². The summed E-state index contributed by atoms with van der Waals surface area (Å²) in [6, 6.07) is 17.1. The summed E-state index contributed by atoms with van der Waals surface area (Å²) in [5, 5.41) is 0. The molecule has 2 saturated heterocycles. The van der Waals surface area contributed by atoms with Crippen molar-refractivity contribution >= 4 is 28.6 Å². The number of carbonyl (C=O) groups is 3. The monoisotopic (exact) mass is 468 g/mol. The topological polar surface area (TPSA) is 84.0 Å². The van der Waals surface area contributed by atoms with Gasteiger partial charge in [-0.1, -0.05) is 48.5 Å². The quantitative estimate of drug-likeness (QED) is 0.623. The summed E-state index contributed by atoms with van der Waals surface area (Å²) >= 11 is 0. The number of likely N-dealkylation sites (tertiary alicyclic amines) is 2. The van der Waals surface area contributed by atoms with E-state index in [0.29, 0.717) is 43.7 Å². The lowest BCUT2D eigenvalue weighted by Crippen LogP contribution is -2.51. The molecule has 0 aliphatic carbocycles. The van der Waals surface area contributed by atoms with Crippen LogP contribution in [0.3, 0.4) is 0 Å². The Morgan fingerprint density at radius 2 is 1.45 bits per heavy atom. The smallest absolute Gasteiger partial charge is 0.410 e. The van der Waals surface area contributed by atoms with Crippen LogP contribution >= 0.6 is 0 Å². The summed E-state index contributed by atoms with van der Waals surface area (Å²) in [6.07, 6.45) is 2.02. The molecule has 0 spiro atoms. The van der Waals surface area contributed by atoms with E-state index in [4.69, 9.17) is 4.74 Å². The third-order valence-corrected chi connectivity index (χ3v) is 7.51. The second-order valence-corrected chi connectivity index (χ2v) is 9.80. The third-order valence-electron chi connectivity index (χ3n) is 6.16. The van der Waals surface area contributed by atoms with Gasteiger partial charge in [-0.05, 0) is 43.4 Å². The molecule has 174 valence electrons. The van der Waals surface area contributed by atoms with E-state index in [1.54, 1.807) is 29.2 Å². The largest absolute Gasteiger partial charge is 0.445 e. The van der Waals surface area contributed by atoms with Gasteiger partial charge in [0.1, 0.15) is 12.6 Å². The lowest BCUT2D eigenvalue weighted by molar-refractivity contribution is -0.140. The maximum Gasteiger partial charge on any atom is 0.410 e. The van der Waals surface area contributed by atoms with Gasteiger partial charge in [-0.25, -0.2) is 4.79 Å². The van der Waals surface area contributed by atoms with Crippen LogP contribution in [0.4, 0.5) is 4.79 Å². The zero-order valence-electron chi connectivity index (χ0n) is 18.4. The van der Waals surface area contributed by atoms with Gasteiger partial charge in [-0.3, -0.25) is 18.7 Å². The standard InChI is InChI=1S/C25H28N2O5S/c28-23(18-33(31)20-11-5-2-6-12-20)21-13-7-15-26(21)24(29)22-14-8-16-27(22)25(30)32-17-19-9-3-1-4-10-19/h1-6,9-12,21-22H,7-8,13-18H2/t21?,22-,33?/m1/s1. The number of benzene rings is 2. The van der Waals surface area contributed by atoms with Crippen LogP contribution in [0, 0.1) is 0 Å². The second-order valence-electron chi connectivity index (χ2n) is 8.35. The average Bonchev–Trinajstić information content (AvgIpc) is 3.53. The van der Waals surface area contributed by atoms with Crippen LogP contribution in [0.5, 0.6) is 0 Å². The molecule has 2 aliphatic heterocycles. The van der Waals surface area contributed by atoms with Gasteiger partial charge in [0.25, 0.3) is 0 Å². The highest BCUT2D eigenvalue weighted by Crippen LogP contribution is 2.26. The first-order valence-corrected chi connectivity index (χ1v) is 12.6. The van der Waals surface area contributed by atoms with Crippen LogP contribution < -0.4 is 0 Å². The van der Waals surface area contributed by atoms with Crippen molar-refractivity contribution in [1.82, 2.24) is 9.80 Å². The summed E-state index contributed by atoms with van der Waals surface area (Å²) < 4.78 is 18.0. The van der Waals surface area contributed by atoms with Crippen LogP contribution in [0.25, 0.3) is 0 Å². The molecule has 2 aliphatic rings. The first-order valence-electron chi connectivity index (χ1n) is 11.3. The van der Waals surface area contributed by atoms with Gasteiger partial charge in [-0.15, -0.1) is 0 Å². The molecule has 7 nitrogen and oxygen atoms in total. The summed E-state index contributed by atoms with van der Waals surface area (Å²) in [6.45, 7) is 1.07. The number of hydrogen-bond acceptors (Lipinski definition) is 5. The molecule has 4 rings (SSSR count). The fraction of sp³-hybridized carbons (Fsp3) is 0.400. The number of carbonyl (C=O) groups excluding carboxylic acids is 3. The first-order chi connectivity index (χ1) is 16.0. The van der Waals surface area contributed by atoms with Crippen LogP contribution in [0.1, 0.15) is 31.2 Å². The molecule has 2 unspecified atom stereocenters. The first kappa shape index (κ1) is 23.2. The van der Waals surface area contributed by atoms with Crippen molar-refractivity contribution in [3.8, 4) is 0 Å². The third kappa shape index (κ3) is 5.50. The molecule has 0 saturated carbocycles. The second kappa shape index (κ2) is 10.7. The molecule has 0 radical (unpaired) electrons. The normalized spacial score (nSPS) is 21.1. The maximum absolute atomic E-state index is 13.4. The van der Waals surface area contributed by atoms with Gasteiger partial charge in [0, 0.05) is 18.0 Å². The van der Waals surface area contributed by atoms with Gasteiger partial charge in [0.2, 0.25) is 5.91 Å². The summed E-state index contributed by atoms with van der Waals surface area (Å²) in [5.41, 5.74) is 0.879. The molecule has 2 heterocycles. The molecule has 2 amide bonds. The van der Waals surface area contributed by atoms with E-state index in [2.05, 4.69) is 0 Å². The van der Waals surface area contributed by atoms with E-state index in [-0.39, 0.29) is 24.1 Å². The fourth-order valence-electron chi connectivity index (χ4n) is 4.48. The van der Waals surface area contributed by atoms with E-state index in [9.17, 15) is 18.6 Å². The Kier molecular flexibility index (Phi) is 7.54. The van der Waals surface area contributed by atoms with Gasteiger partial charge < -0.3 is 9.64 Å². The van der Waals surface area contributed by atoms with Crippen LogP contribution in [-0.4, -0.2) is 62.7 Å². The molecule has 2 aromatic rings. The Balaban J connectivity index is 1.37. The van der Waals surface area contributed by atoms with Gasteiger partial charge >= 0.3 is 6.09 Å². The predicted octanol–water partition coefficient (Wildman–Crippen LogP) is 3.16. The molecule has 2 fully saturated rings. The Hall–Kier alpha value is -3.00. The van der Waals surface area contributed by atoms with Crippen LogP contribution in [0.15, 0.2) is 65.6 Å². The van der Waals surface area contributed by atoms with E-state index in [1.165, 1.54) is 4.90 Å². The molecule has 33 heavy (non-hydrogen) atoms. The molecule has 2 aromatic carbocycles. The zero-order valence-corrected chi connectivity index (χ0v) is 19.2. The highest BCUT2D eigenvalue weighted by molar-refractivity contribution is 7.85. The number of amides is 2. The molecular formula is C25H28N2O5S. The van der Waals surface area contributed by atoms with Crippen molar-refractivity contribution in [3.63, 3.8) is 0 Å². The Bertz CT molecular complexity index is 1010. The number of ketones is 1. The Morgan fingerprint density at radius 1 is 0.848 bits per heavy atom. The van der Waals surface area contributed by atoms with Crippen LogP contribution in [-0.2, 0) is 31.7 Å². The minimum Gasteiger partial charge on any atom is -0.445 e. The van der Waals surface area contributed by atoms with Crippen LogP contribution in [0.2, 0.25) is 0 Å². The minimum atomic E-state index is -1.45. The number of nitrogens with zero attached hydrogens (tertiary/aromatic N) is 2. The van der Waals surface area contributed by atoms with Gasteiger partial charge in [0.05, 0.1) is 22.6 Å². The molecule has 3 atom stereocenters. The zero-order chi connectivity index (χ0) is 23.2. The van der Waals surface area contributed by atoms with Crippen molar-refractivity contribution in [2.24, 2.45) is 0 Å². The number of rotatable bonds is 7. The Labute approximate surface area is 196 Å². The minimum absolute atomic E-state index is 0.119. The lowest BCUT2D eigenvalue weighted by atomic mass is 10.1. The summed E-state index contributed by atoms with van der Waals surface area (Å²) in [4.78, 5) is 42.7. The summed E-state index contributed by atoms with van der Waals surface area (Å²) in [7, 11) is -1.45. The molecule has 8 heteroatoms. The van der Waals surface area contributed by atoms with Crippen molar-refractivity contribution < 1.29 is 23.3 Å². The van der Waals surface area contributed by atoms with Gasteiger partial charge in [0.15, 0.2) is 5.78 Å². The van der Waals surface area contributed by atoms with Crippen molar-refractivity contribution in [1.29, 1.82) is 0 Å². The van der Waals surface area contributed by atoms with E-state index < -0.39 is 29.0 Å². The van der Waals surface area contributed by atoms with Crippen molar-refractivity contribution in [2.45, 2.75) is 49.3 Å². The molecular weight excluding hydrogens is 440 g/mol. The number of Topliss-reactive ketones (excluding diaryl/α,β-unsaturated/α-hetero) is 1. The summed E-state index contributed by atoms with van der Waals surface area (Å²) in [5.74, 6) is -0.531. The van der Waals surface area contributed by atoms with E-state index >= 15 is 0 Å². The van der Waals surface area contributed by atoms with Crippen molar-refractivity contribution in [2.75, 3.05) is 18.8 Å². The average molecular weight is 469 g/mol.